The molecule has 0 heterocycles. The number of carbonyl (C=O) groups excluding carboxylic acids is 2. The first-order chi connectivity index (χ1) is 17.9. The number of amides is 1. The van der Waals surface area contributed by atoms with E-state index in [4.69, 9.17) is 28.6 Å². The van der Waals surface area contributed by atoms with Crippen LogP contribution in [0.15, 0.2) is 66.7 Å². The van der Waals surface area contributed by atoms with E-state index in [1.165, 1.54) is 27.2 Å². The van der Waals surface area contributed by atoms with E-state index in [0.29, 0.717) is 22.2 Å². The van der Waals surface area contributed by atoms with Crippen LogP contribution in [0.5, 0.6) is 0 Å². The molecule has 192 valence electrons. The molecule has 0 unspecified atom stereocenters. The van der Waals surface area contributed by atoms with Crippen molar-refractivity contribution in [2.45, 2.75) is 32.4 Å². The number of rotatable bonds is 7. The molecule has 1 aliphatic rings. The average Bonchev–Trinajstić information content (AvgIpc) is 3.05. The number of carbonyl (C=O) groups is 2. The molecular weight excluding hydrogens is 506 g/mol. The standard InChI is InChI=1S/C29H30ClN3O3S/c1-3-36-26(34)18-33(2)28(35)21-14-15-22(25(30)16-21)17-31-29(37)32-27-23-10-6-4-8-19(23)12-13-20-9-5-7-11-24(20)27/h4-11,14-16,27H,3,12-13,17-18H2,1-2H3,(H2,31,32,37). The van der Waals surface area contributed by atoms with E-state index in [2.05, 4.69) is 59.2 Å². The summed E-state index contributed by atoms with van der Waals surface area (Å²) in [5, 5.41) is 7.72. The summed E-state index contributed by atoms with van der Waals surface area (Å²) in [5.74, 6) is -0.762. The average molecular weight is 536 g/mol. The number of esters is 1. The van der Waals surface area contributed by atoms with Crippen LogP contribution in [0.25, 0.3) is 0 Å². The second kappa shape index (κ2) is 12.2. The zero-order chi connectivity index (χ0) is 26.4. The summed E-state index contributed by atoms with van der Waals surface area (Å²) in [7, 11) is 1.55. The number of nitrogens with one attached hydrogen (secondary N) is 2. The van der Waals surface area contributed by atoms with Crippen molar-refractivity contribution in [2.24, 2.45) is 0 Å². The number of hydrogen-bond acceptors (Lipinski definition) is 4. The molecule has 8 heteroatoms. The molecule has 0 saturated heterocycles. The van der Waals surface area contributed by atoms with Gasteiger partial charge in [0, 0.05) is 24.2 Å². The first kappa shape index (κ1) is 26.6. The van der Waals surface area contributed by atoms with Crippen molar-refractivity contribution >= 4 is 40.8 Å². The Morgan fingerprint density at radius 3 is 2.24 bits per heavy atom. The summed E-state index contributed by atoms with van der Waals surface area (Å²) >= 11 is 12.2. The quantitative estimate of drug-likeness (QED) is 0.334. The lowest BCUT2D eigenvalue weighted by Gasteiger charge is -2.24. The van der Waals surface area contributed by atoms with Crippen LogP contribution >= 0.6 is 23.8 Å². The molecule has 3 aromatic carbocycles. The van der Waals surface area contributed by atoms with E-state index in [1.807, 2.05) is 0 Å². The maximum atomic E-state index is 12.7. The molecule has 0 aliphatic heterocycles. The second-order valence-corrected chi connectivity index (χ2v) is 9.75. The van der Waals surface area contributed by atoms with Crippen molar-refractivity contribution in [3.63, 3.8) is 0 Å². The molecule has 2 N–H and O–H groups in total. The van der Waals surface area contributed by atoms with E-state index in [1.54, 1.807) is 32.2 Å². The van der Waals surface area contributed by atoms with Gasteiger partial charge < -0.3 is 20.3 Å². The minimum Gasteiger partial charge on any atom is -0.465 e. The molecule has 0 fully saturated rings. The van der Waals surface area contributed by atoms with Crippen LogP contribution in [0.4, 0.5) is 0 Å². The highest BCUT2D eigenvalue weighted by Crippen LogP contribution is 2.32. The molecule has 0 spiro atoms. The topological polar surface area (TPSA) is 70.7 Å². The minimum absolute atomic E-state index is 0.0553. The van der Waals surface area contributed by atoms with Crippen LogP contribution in [-0.4, -0.2) is 42.1 Å². The van der Waals surface area contributed by atoms with Crippen molar-refractivity contribution in [1.82, 2.24) is 15.5 Å². The van der Waals surface area contributed by atoms with Crippen LogP contribution in [0.1, 0.15) is 51.1 Å². The third kappa shape index (κ3) is 6.48. The number of hydrogen-bond donors (Lipinski definition) is 2. The van der Waals surface area contributed by atoms with E-state index in [9.17, 15) is 9.59 Å². The van der Waals surface area contributed by atoms with Gasteiger partial charge in [0.25, 0.3) is 5.91 Å². The molecule has 6 nitrogen and oxygen atoms in total. The van der Waals surface area contributed by atoms with Crippen molar-refractivity contribution in [3.05, 3.63) is 105 Å². The molecule has 0 saturated carbocycles. The molecule has 37 heavy (non-hydrogen) atoms. The largest absolute Gasteiger partial charge is 0.465 e. The molecule has 4 rings (SSSR count). The number of aryl methyl sites for hydroxylation is 2. The summed E-state index contributed by atoms with van der Waals surface area (Å²) in [6.45, 7) is 2.27. The van der Waals surface area contributed by atoms with Crippen molar-refractivity contribution in [1.29, 1.82) is 0 Å². The third-order valence-corrected chi connectivity index (χ3v) is 7.04. The maximum absolute atomic E-state index is 12.7. The molecule has 0 atom stereocenters. The first-order valence-corrected chi connectivity index (χ1v) is 13.1. The van der Waals surface area contributed by atoms with Gasteiger partial charge in [-0.3, -0.25) is 9.59 Å². The number of benzene rings is 3. The Bertz CT molecular complexity index is 1270. The maximum Gasteiger partial charge on any atom is 0.325 e. The molecule has 0 radical (unpaired) electrons. The molecule has 1 aliphatic carbocycles. The fourth-order valence-corrected chi connectivity index (χ4v) is 4.99. The third-order valence-electron chi connectivity index (χ3n) is 6.43. The number of thiocarbonyl (C=S) groups is 1. The number of ether oxygens (including phenoxy) is 1. The van der Waals surface area contributed by atoms with E-state index >= 15 is 0 Å². The number of likely N-dealkylation sites (N-methyl/N-ethyl adjacent to an activating group) is 1. The highest BCUT2D eigenvalue weighted by molar-refractivity contribution is 7.80. The van der Waals surface area contributed by atoms with Crippen LogP contribution in [0.3, 0.4) is 0 Å². The summed E-state index contributed by atoms with van der Waals surface area (Å²) in [5.41, 5.74) is 6.28. The van der Waals surface area contributed by atoms with Crippen LogP contribution in [-0.2, 0) is 28.9 Å². The molecular formula is C29H30ClN3O3S. The fraction of sp³-hybridized carbons (Fsp3) is 0.276. The molecule has 1 amide bonds. The van der Waals surface area contributed by atoms with Gasteiger partial charge in [0.2, 0.25) is 0 Å². The molecule has 0 bridgehead atoms. The summed E-state index contributed by atoms with van der Waals surface area (Å²) < 4.78 is 4.91. The summed E-state index contributed by atoms with van der Waals surface area (Å²) in [6, 6.07) is 22.0. The van der Waals surface area contributed by atoms with Crippen LogP contribution < -0.4 is 10.6 Å². The lowest BCUT2D eigenvalue weighted by molar-refractivity contribution is -0.143. The first-order valence-electron chi connectivity index (χ1n) is 12.3. The van der Waals surface area contributed by atoms with Crippen LogP contribution in [0, 0.1) is 0 Å². The Hall–Kier alpha value is -3.42. The lowest BCUT2D eigenvalue weighted by atomic mass is 9.95. The monoisotopic (exact) mass is 535 g/mol. The Labute approximate surface area is 228 Å². The predicted molar refractivity (Wildman–Crippen MR) is 150 cm³/mol. The van der Waals surface area contributed by atoms with E-state index < -0.39 is 5.97 Å². The SMILES string of the molecule is CCOC(=O)CN(C)C(=O)c1ccc(CNC(=S)NC2c3ccccc3CCc3ccccc32)c(Cl)c1. The zero-order valence-corrected chi connectivity index (χ0v) is 22.5. The minimum atomic E-state index is -0.454. The smallest absolute Gasteiger partial charge is 0.325 e. The van der Waals surface area contributed by atoms with Gasteiger partial charge in [-0.2, -0.15) is 0 Å². The van der Waals surface area contributed by atoms with Crippen molar-refractivity contribution in [3.8, 4) is 0 Å². The van der Waals surface area contributed by atoms with Gasteiger partial charge in [0.1, 0.15) is 6.54 Å². The second-order valence-electron chi connectivity index (χ2n) is 8.93. The van der Waals surface area contributed by atoms with Gasteiger partial charge in [-0.05, 0) is 71.9 Å². The van der Waals surface area contributed by atoms with Gasteiger partial charge in [-0.25, -0.2) is 0 Å². The summed E-state index contributed by atoms with van der Waals surface area (Å²) in [4.78, 5) is 25.7. The normalized spacial score (nSPS) is 12.5. The summed E-state index contributed by atoms with van der Waals surface area (Å²) in [6.07, 6.45) is 1.97. The van der Waals surface area contributed by atoms with Gasteiger partial charge in [-0.15, -0.1) is 0 Å². The number of fused-ring (bicyclic) bond motifs is 2. The van der Waals surface area contributed by atoms with Gasteiger partial charge >= 0.3 is 5.97 Å². The Morgan fingerprint density at radius 2 is 1.65 bits per heavy atom. The van der Waals surface area contributed by atoms with Crippen molar-refractivity contribution in [2.75, 3.05) is 20.2 Å². The zero-order valence-electron chi connectivity index (χ0n) is 20.9. The highest BCUT2D eigenvalue weighted by Gasteiger charge is 2.24. The Morgan fingerprint density at radius 1 is 1.03 bits per heavy atom. The van der Waals surface area contributed by atoms with E-state index in [-0.39, 0.29) is 25.1 Å². The van der Waals surface area contributed by atoms with Gasteiger partial charge in [-0.1, -0.05) is 66.2 Å². The Balaban J connectivity index is 1.42. The molecule has 3 aromatic rings. The van der Waals surface area contributed by atoms with Gasteiger partial charge in [0.05, 0.1) is 12.6 Å². The van der Waals surface area contributed by atoms with E-state index in [0.717, 1.165) is 18.4 Å². The number of nitrogens with zero attached hydrogens (tertiary/aromatic N) is 1. The Kier molecular flexibility index (Phi) is 8.79. The lowest BCUT2D eigenvalue weighted by Crippen LogP contribution is -2.38. The predicted octanol–water partition coefficient (Wildman–Crippen LogP) is 4.83. The van der Waals surface area contributed by atoms with Crippen molar-refractivity contribution < 1.29 is 14.3 Å². The van der Waals surface area contributed by atoms with Crippen LogP contribution in [0.2, 0.25) is 5.02 Å². The molecule has 0 aromatic heterocycles. The highest BCUT2D eigenvalue weighted by atomic mass is 35.5. The van der Waals surface area contributed by atoms with Gasteiger partial charge in [0.15, 0.2) is 5.11 Å². The fourth-order valence-electron chi connectivity index (χ4n) is 4.55. The number of halogens is 1.